The van der Waals surface area contributed by atoms with Crippen molar-refractivity contribution in [2.24, 2.45) is 10.8 Å². The Morgan fingerprint density at radius 2 is 1.27 bits per heavy atom. The number of hydrogen-bond donors (Lipinski definition) is 5. The summed E-state index contributed by atoms with van der Waals surface area (Å²) in [5.41, 5.74) is 4.88. The van der Waals surface area contributed by atoms with Crippen LogP contribution in [0.5, 0.6) is 0 Å². The summed E-state index contributed by atoms with van der Waals surface area (Å²) >= 11 is 0. The summed E-state index contributed by atoms with van der Waals surface area (Å²) in [5, 5.41) is 21.6. The minimum absolute atomic E-state index is 0.120. The second kappa shape index (κ2) is 18.3. The number of benzene rings is 2. The maximum absolute atomic E-state index is 13.8. The van der Waals surface area contributed by atoms with Gasteiger partial charge in [0.05, 0.1) is 32.1 Å². The number of hydrazine groups is 1. The van der Waals surface area contributed by atoms with E-state index >= 15 is 0 Å². The van der Waals surface area contributed by atoms with Crippen LogP contribution in [-0.2, 0) is 32.0 Å². The molecule has 0 spiro atoms. The van der Waals surface area contributed by atoms with Crippen LogP contribution in [0, 0.1) is 10.8 Å². The predicted octanol–water partition coefficient (Wildman–Crippen LogP) is 4.21. The average Bonchev–Trinajstić information content (AvgIpc) is 3.08. The molecule has 0 fully saturated rings. The lowest BCUT2D eigenvalue weighted by molar-refractivity contribution is -0.132. The molecule has 3 rings (SSSR count). The third-order valence-electron chi connectivity index (χ3n) is 8.21. The molecule has 0 saturated carbocycles. The molecule has 51 heavy (non-hydrogen) atoms. The van der Waals surface area contributed by atoms with E-state index in [1.54, 1.807) is 32.0 Å². The van der Waals surface area contributed by atoms with E-state index in [-0.39, 0.29) is 19.5 Å². The quantitative estimate of drug-likeness (QED) is 0.154. The van der Waals surface area contributed by atoms with Crippen LogP contribution >= 0.6 is 0 Å². The van der Waals surface area contributed by atoms with Crippen LogP contribution in [0.2, 0.25) is 0 Å². The molecule has 2 aromatic carbocycles. The van der Waals surface area contributed by atoms with Crippen LogP contribution in [0.25, 0.3) is 11.3 Å². The number of nitrogens with one attached hydrogen (secondary N) is 4. The number of carbonyl (C=O) groups is 4. The maximum atomic E-state index is 13.8. The van der Waals surface area contributed by atoms with Crippen LogP contribution in [-0.4, -0.2) is 84.1 Å². The normalized spacial score (nSPS) is 14.0. The van der Waals surface area contributed by atoms with Gasteiger partial charge < -0.3 is 30.5 Å². The molecule has 276 valence electrons. The number of nitrogens with zero attached hydrogens (tertiary/aromatic N) is 2. The standard InChI is InChI=1S/C38H52N6O7/c1-37(2,3)31(41-35(48)50-7)33(46)40-29(22-25-14-10-9-11-15-25)30(45)24-44(43-34(47)32(38(4,5)6)42-36(49)51-8)23-26-17-19-27(20-18-26)28-16-12-13-21-39-28/h9-21,29-32,45H,22-24H2,1-8H3,(H,40,46)(H,41,48)(H,42,49)(H,43,47)/t29-,30-,31-,32+/m0/s1. The van der Waals surface area contributed by atoms with Gasteiger partial charge in [-0.15, -0.1) is 0 Å². The highest BCUT2D eigenvalue weighted by Gasteiger charge is 2.37. The van der Waals surface area contributed by atoms with Crippen molar-refractivity contribution in [1.82, 2.24) is 31.4 Å². The summed E-state index contributed by atoms with van der Waals surface area (Å²) in [6.45, 7) is 10.9. The van der Waals surface area contributed by atoms with Crippen molar-refractivity contribution in [3.8, 4) is 11.3 Å². The first-order chi connectivity index (χ1) is 24.0. The van der Waals surface area contributed by atoms with E-state index in [1.165, 1.54) is 14.2 Å². The molecule has 0 saturated heterocycles. The molecule has 0 aliphatic rings. The molecule has 4 atom stereocenters. The van der Waals surface area contributed by atoms with E-state index in [4.69, 9.17) is 9.47 Å². The number of alkyl carbamates (subject to hydrolysis) is 2. The summed E-state index contributed by atoms with van der Waals surface area (Å²) in [6.07, 6.45) is -0.778. The number of carbonyl (C=O) groups excluding carboxylic acids is 4. The summed E-state index contributed by atoms with van der Waals surface area (Å²) in [6, 6.07) is 19.8. The lowest BCUT2D eigenvalue weighted by atomic mass is 9.85. The second-order valence-corrected chi connectivity index (χ2v) is 14.5. The number of rotatable bonds is 14. The highest BCUT2D eigenvalue weighted by atomic mass is 16.5. The van der Waals surface area contributed by atoms with Crippen molar-refractivity contribution in [3.05, 3.63) is 90.1 Å². The Bertz CT molecular complexity index is 1570. The number of ether oxygens (including phenoxy) is 2. The average molecular weight is 705 g/mol. The van der Waals surface area contributed by atoms with Crippen LogP contribution in [0.1, 0.15) is 52.7 Å². The van der Waals surface area contributed by atoms with Crippen molar-refractivity contribution >= 4 is 24.0 Å². The highest BCUT2D eigenvalue weighted by molar-refractivity contribution is 5.87. The second-order valence-electron chi connectivity index (χ2n) is 14.5. The largest absolute Gasteiger partial charge is 0.453 e. The zero-order chi connectivity index (χ0) is 37.8. The van der Waals surface area contributed by atoms with Gasteiger partial charge in [0.25, 0.3) is 5.91 Å². The molecular weight excluding hydrogens is 652 g/mol. The number of amides is 4. The fourth-order valence-electron chi connectivity index (χ4n) is 5.38. The first-order valence-electron chi connectivity index (χ1n) is 16.8. The predicted molar refractivity (Wildman–Crippen MR) is 194 cm³/mol. The minimum atomic E-state index is -1.22. The molecule has 3 aromatic rings. The van der Waals surface area contributed by atoms with Crippen molar-refractivity contribution in [3.63, 3.8) is 0 Å². The molecule has 13 heteroatoms. The van der Waals surface area contributed by atoms with Crippen molar-refractivity contribution < 1.29 is 33.8 Å². The Morgan fingerprint density at radius 1 is 0.725 bits per heavy atom. The van der Waals surface area contributed by atoms with Crippen LogP contribution in [0.4, 0.5) is 9.59 Å². The number of pyridine rings is 1. The van der Waals surface area contributed by atoms with E-state index < -0.39 is 59.1 Å². The molecule has 1 aromatic heterocycles. The zero-order valence-corrected chi connectivity index (χ0v) is 30.7. The lowest BCUT2D eigenvalue weighted by Crippen LogP contribution is -2.60. The van der Waals surface area contributed by atoms with Gasteiger partial charge in [-0.3, -0.25) is 20.0 Å². The topological polar surface area (TPSA) is 171 Å². The lowest BCUT2D eigenvalue weighted by Gasteiger charge is -2.35. The zero-order valence-electron chi connectivity index (χ0n) is 30.7. The van der Waals surface area contributed by atoms with Crippen LogP contribution in [0.3, 0.4) is 0 Å². The molecule has 0 unspecified atom stereocenters. The molecule has 5 N–H and O–H groups in total. The van der Waals surface area contributed by atoms with Gasteiger partial charge in [0, 0.05) is 24.8 Å². The van der Waals surface area contributed by atoms with Crippen molar-refractivity contribution in [2.45, 2.75) is 78.7 Å². The van der Waals surface area contributed by atoms with Crippen LogP contribution < -0.4 is 21.4 Å². The Kier molecular flexibility index (Phi) is 14.5. The fourth-order valence-corrected chi connectivity index (χ4v) is 5.38. The number of methoxy groups -OCH3 is 2. The van der Waals surface area contributed by atoms with Gasteiger partial charge in [0.2, 0.25) is 5.91 Å². The molecule has 0 radical (unpaired) electrons. The van der Waals surface area contributed by atoms with Crippen molar-refractivity contribution in [1.29, 1.82) is 0 Å². The molecular formula is C38H52N6O7. The van der Waals surface area contributed by atoms with Gasteiger partial charge in [-0.05, 0) is 40.5 Å². The SMILES string of the molecule is COC(=O)N[C@H](C(=O)NN(Cc1ccc(-c2ccccn2)cc1)C[C@H](O)[C@H](Cc1ccccc1)NC(=O)[C@H](NC(=O)OC)C(C)(C)C)C(C)(C)C. The summed E-state index contributed by atoms with van der Waals surface area (Å²) < 4.78 is 9.54. The minimum Gasteiger partial charge on any atom is -0.453 e. The fraction of sp³-hybridized carbons (Fsp3) is 0.447. The summed E-state index contributed by atoms with van der Waals surface area (Å²) in [5.74, 6) is -1.03. The number of aliphatic hydroxyl groups is 1. The summed E-state index contributed by atoms with van der Waals surface area (Å²) in [4.78, 5) is 56.3. The first kappa shape index (κ1) is 40.4. The maximum Gasteiger partial charge on any atom is 0.407 e. The van der Waals surface area contributed by atoms with Gasteiger partial charge in [-0.25, -0.2) is 14.6 Å². The van der Waals surface area contributed by atoms with Crippen LogP contribution in [0.15, 0.2) is 79.0 Å². The molecule has 0 aliphatic heterocycles. The Morgan fingerprint density at radius 3 is 1.78 bits per heavy atom. The van der Waals surface area contributed by atoms with Gasteiger partial charge >= 0.3 is 12.2 Å². The first-order valence-corrected chi connectivity index (χ1v) is 16.8. The molecule has 0 aliphatic carbocycles. The molecule has 4 amide bonds. The molecule has 1 heterocycles. The Balaban J connectivity index is 1.96. The smallest absolute Gasteiger partial charge is 0.407 e. The Labute approximate surface area is 300 Å². The van der Waals surface area contributed by atoms with E-state index in [9.17, 15) is 24.3 Å². The number of hydrogen-bond acceptors (Lipinski definition) is 9. The Hall–Kier alpha value is -5.01. The molecule has 0 bridgehead atoms. The van der Waals surface area contributed by atoms with E-state index in [1.807, 2.05) is 93.6 Å². The van der Waals surface area contributed by atoms with Gasteiger partial charge in [0.15, 0.2) is 0 Å². The summed E-state index contributed by atoms with van der Waals surface area (Å²) in [7, 11) is 2.44. The van der Waals surface area contributed by atoms with E-state index in [2.05, 4.69) is 26.4 Å². The van der Waals surface area contributed by atoms with E-state index in [0.29, 0.717) is 0 Å². The molecule has 13 nitrogen and oxygen atoms in total. The van der Waals surface area contributed by atoms with Gasteiger partial charge in [-0.2, -0.15) is 0 Å². The van der Waals surface area contributed by atoms with Gasteiger partial charge in [-0.1, -0.05) is 102 Å². The monoisotopic (exact) mass is 704 g/mol. The van der Waals surface area contributed by atoms with Crippen molar-refractivity contribution in [2.75, 3.05) is 20.8 Å². The third kappa shape index (κ3) is 12.7. The van der Waals surface area contributed by atoms with E-state index in [0.717, 1.165) is 22.4 Å². The van der Waals surface area contributed by atoms with Gasteiger partial charge in [0.1, 0.15) is 12.1 Å². The highest BCUT2D eigenvalue weighted by Crippen LogP contribution is 2.23. The number of aromatic nitrogens is 1. The third-order valence-corrected chi connectivity index (χ3v) is 8.21. The number of aliphatic hydroxyl groups excluding tert-OH is 1.